The van der Waals surface area contributed by atoms with Crippen molar-refractivity contribution in [1.29, 1.82) is 0 Å². The van der Waals surface area contributed by atoms with Crippen molar-refractivity contribution >= 4 is 11.6 Å². The van der Waals surface area contributed by atoms with Crippen molar-refractivity contribution < 1.29 is 19.0 Å². The van der Waals surface area contributed by atoms with Crippen molar-refractivity contribution in [2.45, 2.75) is 13.8 Å². The van der Waals surface area contributed by atoms with Crippen LogP contribution in [0.2, 0.25) is 0 Å². The van der Waals surface area contributed by atoms with Gasteiger partial charge in [0.05, 0.1) is 24.6 Å². The fourth-order valence-electron chi connectivity index (χ4n) is 2.48. The Morgan fingerprint density at radius 1 is 1.04 bits per heavy atom. The average Bonchev–Trinajstić information content (AvgIpc) is 3.24. The number of ether oxygens (including phenoxy) is 3. The Morgan fingerprint density at radius 2 is 1.86 bits per heavy atom. The molecule has 0 aliphatic carbocycles. The van der Waals surface area contributed by atoms with Gasteiger partial charge in [-0.05, 0) is 48.5 Å². The van der Waals surface area contributed by atoms with Gasteiger partial charge in [-0.1, -0.05) is 6.07 Å². The van der Waals surface area contributed by atoms with Gasteiger partial charge in [0.15, 0.2) is 6.61 Å². The average molecular weight is 383 g/mol. The first-order chi connectivity index (χ1) is 13.7. The number of carbonyl (C=O) groups is 1. The van der Waals surface area contributed by atoms with E-state index in [1.807, 2.05) is 19.9 Å². The number of nitrogens with one attached hydrogen (secondary N) is 1. The molecule has 0 unspecified atom stereocenters. The van der Waals surface area contributed by atoms with Gasteiger partial charge >= 0.3 is 0 Å². The molecule has 0 aliphatic heterocycles. The van der Waals surface area contributed by atoms with Crippen LogP contribution in [0.25, 0.3) is 5.69 Å². The summed E-state index contributed by atoms with van der Waals surface area (Å²) >= 11 is 0. The molecule has 146 valence electrons. The third kappa shape index (κ3) is 4.97. The van der Waals surface area contributed by atoms with Crippen LogP contribution in [0.3, 0.4) is 0 Å². The summed E-state index contributed by atoms with van der Waals surface area (Å²) in [6.45, 7) is 4.62. The van der Waals surface area contributed by atoms with Gasteiger partial charge in [0.2, 0.25) is 0 Å². The number of amides is 1. The van der Waals surface area contributed by atoms with Gasteiger partial charge in [-0.15, -0.1) is 5.10 Å². The highest BCUT2D eigenvalue weighted by molar-refractivity contribution is 5.93. The quantitative estimate of drug-likeness (QED) is 0.606. The number of nitrogens with zero attached hydrogens (tertiary/aromatic N) is 4. The maximum atomic E-state index is 12.4. The SMILES string of the molecule is CCOc1ccc(OCC)c(NC(=O)COc2cccc(-n3cnnn3)c2)c1. The zero-order chi connectivity index (χ0) is 19.8. The van der Waals surface area contributed by atoms with Crippen LogP contribution in [0, 0.1) is 0 Å². The third-order valence-electron chi connectivity index (χ3n) is 3.64. The van der Waals surface area contributed by atoms with E-state index < -0.39 is 0 Å². The topological polar surface area (TPSA) is 100 Å². The number of carbonyl (C=O) groups excluding carboxylic acids is 1. The van der Waals surface area contributed by atoms with Crippen LogP contribution in [0.15, 0.2) is 48.8 Å². The van der Waals surface area contributed by atoms with Gasteiger partial charge in [0.1, 0.15) is 23.6 Å². The molecule has 0 radical (unpaired) electrons. The van der Waals surface area contributed by atoms with Crippen LogP contribution in [0.5, 0.6) is 17.2 Å². The Bertz CT molecular complexity index is 914. The zero-order valence-electron chi connectivity index (χ0n) is 15.7. The molecule has 0 fully saturated rings. The molecule has 1 aromatic heterocycles. The molecular formula is C19H21N5O4. The highest BCUT2D eigenvalue weighted by Crippen LogP contribution is 2.29. The minimum Gasteiger partial charge on any atom is -0.494 e. The van der Waals surface area contributed by atoms with Crippen molar-refractivity contribution in [3.8, 4) is 22.9 Å². The maximum Gasteiger partial charge on any atom is 0.262 e. The zero-order valence-corrected chi connectivity index (χ0v) is 15.7. The van der Waals surface area contributed by atoms with Crippen LogP contribution >= 0.6 is 0 Å². The van der Waals surface area contributed by atoms with Crippen molar-refractivity contribution in [1.82, 2.24) is 20.2 Å². The molecule has 0 saturated heterocycles. The van der Waals surface area contributed by atoms with Gasteiger partial charge in [-0.3, -0.25) is 4.79 Å². The second-order valence-corrected chi connectivity index (χ2v) is 5.61. The first kappa shape index (κ1) is 19.2. The number of aromatic nitrogens is 4. The summed E-state index contributed by atoms with van der Waals surface area (Å²) in [5.74, 6) is 1.43. The number of anilines is 1. The van der Waals surface area contributed by atoms with Crippen molar-refractivity contribution in [2.75, 3.05) is 25.1 Å². The van der Waals surface area contributed by atoms with E-state index in [1.165, 1.54) is 11.0 Å². The largest absolute Gasteiger partial charge is 0.494 e. The molecule has 0 saturated carbocycles. The number of hydrogen-bond donors (Lipinski definition) is 1. The molecular weight excluding hydrogens is 362 g/mol. The molecule has 9 nitrogen and oxygen atoms in total. The number of rotatable bonds is 9. The molecule has 9 heteroatoms. The lowest BCUT2D eigenvalue weighted by molar-refractivity contribution is -0.118. The van der Waals surface area contributed by atoms with E-state index in [4.69, 9.17) is 14.2 Å². The van der Waals surface area contributed by atoms with E-state index in [0.29, 0.717) is 36.1 Å². The lowest BCUT2D eigenvalue weighted by atomic mass is 10.2. The minimum absolute atomic E-state index is 0.163. The molecule has 0 spiro atoms. The van der Waals surface area contributed by atoms with Gasteiger partial charge in [0.25, 0.3) is 5.91 Å². The van der Waals surface area contributed by atoms with Crippen LogP contribution in [0.1, 0.15) is 13.8 Å². The Kier molecular flexibility index (Phi) is 6.40. The number of benzene rings is 2. The normalized spacial score (nSPS) is 10.4. The van der Waals surface area contributed by atoms with E-state index in [-0.39, 0.29) is 12.5 Å². The second-order valence-electron chi connectivity index (χ2n) is 5.61. The number of tetrazole rings is 1. The van der Waals surface area contributed by atoms with E-state index in [2.05, 4.69) is 20.8 Å². The van der Waals surface area contributed by atoms with Gasteiger partial charge in [0, 0.05) is 12.1 Å². The Hall–Kier alpha value is -3.62. The highest BCUT2D eigenvalue weighted by Gasteiger charge is 2.11. The summed E-state index contributed by atoms with van der Waals surface area (Å²) in [7, 11) is 0. The summed E-state index contributed by atoms with van der Waals surface area (Å²) in [4.78, 5) is 12.4. The predicted molar refractivity (Wildman–Crippen MR) is 102 cm³/mol. The first-order valence-corrected chi connectivity index (χ1v) is 8.85. The molecule has 0 bridgehead atoms. The molecule has 3 rings (SSSR count). The lowest BCUT2D eigenvalue weighted by Gasteiger charge is -2.14. The van der Waals surface area contributed by atoms with E-state index in [9.17, 15) is 4.79 Å². The van der Waals surface area contributed by atoms with Crippen molar-refractivity contribution in [2.24, 2.45) is 0 Å². The van der Waals surface area contributed by atoms with Crippen LogP contribution in [-0.2, 0) is 4.79 Å². The number of hydrogen-bond acceptors (Lipinski definition) is 7. The Labute approximate surface area is 162 Å². The molecule has 28 heavy (non-hydrogen) atoms. The monoisotopic (exact) mass is 383 g/mol. The summed E-state index contributed by atoms with van der Waals surface area (Å²) in [6.07, 6.45) is 1.48. The standard InChI is InChI=1S/C19H21N5O4/c1-3-26-16-8-9-18(27-4-2)17(11-16)21-19(25)12-28-15-7-5-6-14(10-15)24-13-20-22-23-24/h5-11,13H,3-4,12H2,1-2H3,(H,21,25). The Balaban J connectivity index is 1.64. The smallest absolute Gasteiger partial charge is 0.262 e. The molecule has 1 amide bonds. The minimum atomic E-state index is -0.317. The predicted octanol–water partition coefficient (Wildman–Crippen LogP) is 2.48. The van der Waals surface area contributed by atoms with Gasteiger partial charge < -0.3 is 19.5 Å². The van der Waals surface area contributed by atoms with Crippen LogP contribution in [0.4, 0.5) is 5.69 Å². The molecule has 3 aromatic rings. The van der Waals surface area contributed by atoms with E-state index in [0.717, 1.165) is 5.69 Å². The Morgan fingerprint density at radius 3 is 2.61 bits per heavy atom. The molecule has 1 heterocycles. The maximum absolute atomic E-state index is 12.4. The summed E-state index contributed by atoms with van der Waals surface area (Å²) in [5, 5.41) is 13.8. The summed E-state index contributed by atoms with van der Waals surface area (Å²) in [5.41, 5.74) is 1.26. The summed E-state index contributed by atoms with van der Waals surface area (Å²) < 4.78 is 18.1. The van der Waals surface area contributed by atoms with Gasteiger partial charge in [-0.25, -0.2) is 4.68 Å². The fourth-order valence-corrected chi connectivity index (χ4v) is 2.48. The first-order valence-electron chi connectivity index (χ1n) is 8.85. The van der Waals surface area contributed by atoms with E-state index in [1.54, 1.807) is 36.4 Å². The molecule has 1 N–H and O–H groups in total. The van der Waals surface area contributed by atoms with Crippen LogP contribution in [-0.4, -0.2) is 45.9 Å². The summed E-state index contributed by atoms with van der Waals surface area (Å²) in [6, 6.07) is 12.4. The van der Waals surface area contributed by atoms with Crippen molar-refractivity contribution in [3.05, 3.63) is 48.8 Å². The molecule has 2 aromatic carbocycles. The third-order valence-corrected chi connectivity index (χ3v) is 3.64. The van der Waals surface area contributed by atoms with Crippen molar-refractivity contribution in [3.63, 3.8) is 0 Å². The second kappa shape index (κ2) is 9.36. The van der Waals surface area contributed by atoms with Crippen LogP contribution < -0.4 is 19.5 Å². The fraction of sp³-hybridized carbons (Fsp3) is 0.263. The molecule has 0 atom stereocenters. The highest BCUT2D eigenvalue weighted by atomic mass is 16.5. The van der Waals surface area contributed by atoms with Gasteiger partial charge in [-0.2, -0.15) is 0 Å². The van der Waals surface area contributed by atoms with E-state index >= 15 is 0 Å². The lowest BCUT2D eigenvalue weighted by Crippen LogP contribution is -2.20. The molecule has 0 aliphatic rings.